The molecule has 232 valence electrons. The van der Waals surface area contributed by atoms with Crippen molar-refractivity contribution in [2.24, 2.45) is 5.73 Å². The maximum Gasteiger partial charge on any atom is 0.244 e. The van der Waals surface area contributed by atoms with Gasteiger partial charge in [-0.25, -0.2) is 19.3 Å². The van der Waals surface area contributed by atoms with E-state index in [4.69, 9.17) is 11.1 Å². The largest absolute Gasteiger partial charge is 0.370 e. The van der Waals surface area contributed by atoms with E-state index < -0.39 is 0 Å². The van der Waals surface area contributed by atoms with Gasteiger partial charge in [0.15, 0.2) is 17.6 Å². The third kappa shape index (κ3) is 6.63. The summed E-state index contributed by atoms with van der Waals surface area (Å²) < 4.78 is 4.45. The molecule has 3 heterocycles. The van der Waals surface area contributed by atoms with Crippen molar-refractivity contribution in [1.29, 1.82) is 5.41 Å². The first-order valence-corrected chi connectivity index (χ1v) is 15.1. The van der Waals surface area contributed by atoms with Gasteiger partial charge in [0.2, 0.25) is 6.33 Å². The molecule has 0 spiro atoms. The lowest BCUT2D eigenvalue weighted by Crippen LogP contribution is -2.39. The molecule has 7 aromatic rings. The fraction of sp³-hybridized carbons (Fsp3) is 0.118. The van der Waals surface area contributed by atoms with Gasteiger partial charge in [-0.1, -0.05) is 97.1 Å². The van der Waals surface area contributed by atoms with Gasteiger partial charge in [0.05, 0.1) is 0 Å². The van der Waals surface area contributed by atoms with E-state index in [0.29, 0.717) is 31.3 Å². The van der Waals surface area contributed by atoms with Gasteiger partial charge in [0, 0.05) is 24.1 Å². The third-order valence-corrected chi connectivity index (χ3v) is 7.97. The molecule has 0 amide bonds. The Morgan fingerprint density at radius 2 is 1.26 bits per heavy atom. The van der Waals surface area contributed by atoms with Crippen LogP contribution in [0.2, 0.25) is 0 Å². The summed E-state index contributed by atoms with van der Waals surface area (Å²) in [4.78, 5) is 0. The van der Waals surface area contributed by atoms with Crippen molar-refractivity contribution in [1.82, 2.24) is 51.1 Å². The lowest BCUT2D eigenvalue weighted by molar-refractivity contribution is -0.694. The van der Waals surface area contributed by atoms with E-state index in [2.05, 4.69) is 129 Å². The predicted octanol–water partition coefficient (Wildman–Crippen LogP) is 3.59. The zero-order valence-corrected chi connectivity index (χ0v) is 25.4. The van der Waals surface area contributed by atoms with E-state index in [0.717, 1.165) is 45.5 Å². The number of rotatable bonds is 11. The molecule has 0 aliphatic heterocycles. The van der Waals surface area contributed by atoms with Crippen molar-refractivity contribution in [2.75, 3.05) is 6.54 Å². The van der Waals surface area contributed by atoms with Crippen molar-refractivity contribution in [3.63, 3.8) is 0 Å². The van der Waals surface area contributed by atoms with Crippen LogP contribution >= 0.6 is 0 Å². The molecule has 0 bridgehead atoms. The summed E-state index contributed by atoms with van der Waals surface area (Å²) in [6, 6.07) is 33.3. The second kappa shape index (κ2) is 13.2. The number of benzene rings is 4. The van der Waals surface area contributed by atoms with Gasteiger partial charge < -0.3 is 11.1 Å². The van der Waals surface area contributed by atoms with Crippen LogP contribution in [0.25, 0.3) is 45.0 Å². The van der Waals surface area contributed by atoms with Crippen molar-refractivity contribution in [2.45, 2.75) is 19.5 Å². The molecule has 4 aromatic carbocycles. The molecule has 13 heteroatoms. The van der Waals surface area contributed by atoms with Crippen LogP contribution < -0.4 is 15.6 Å². The highest BCUT2D eigenvalue weighted by molar-refractivity contribution is 5.81. The smallest absolute Gasteiger partial charge is 0.244 e. The molecule has 6 N–H and O–H groups in total. The van der Waals surface area contributed by atoms with Crippen LogP contribution in [-0.4, -0.2) is 58.3 Å². The molecule has 13 nitrogen and oxygen atoms in total. The highest BCUT2D eigenvalue weighted by Gasteiger charge is 2.16. The van der Waals surface area contributed by atoms with E-state index in [1.165, 1.54) is 11.1 Å². The van der Waals surface area contributed by atoms with Crippen LogP contribution in [0.1, 0.15) is 16.8 Å². The molecule has 0 aliphatic carbocycles. The quantitative estimate of drug-likeness (QED) is 0.0825. The standard InChI is InChI=1S/C34H32N13/c35-34(36)37-18-17-27-21-46(19-23-9-13-25(14-10-23)28-5-1-3-7-30(28)32-38-42-43-39-32)22-47(27)20-24-11-15-26(16-12-24)29-6-2-4-8-31(29)33-40-44-45-41-33/h1-16,21-22H,17-20H2,(H4,35,36,37)(H,38,39,42,43)(H,40,41,44,45)/q+1. The van der Waals surface area contributed by atoms with E-state index in [1.807, 2.05) is 36.4 Å². The van der Waals surface area contributed by atoms with Crippen LogP contribution in [0, 0.1) is 5.41 Å². The monoisotopic (exact) mass is 622 g/mol. The minimum Gasteiger partial charge on any atom is -0.370 e. The van der Waals surface area contributed by atoms with Crippen LogP contribution in [0.3, 0.4) is 0 Å². The highest BCUT2D eigenvalue weighted by atomic mass is 15.5. The molecule has 0 saturated heterocycles. The zero-order chi connectivity index (χ0) is 32.0. The summed E-state index contributed by atoms with van der Waals surface area (Å²) in [5.41, 5.74) is 15.2. The third-order valence-electron chi connectivity index (χ3n) is 7.97. The van der Waals surface area contributed by atoms with E-state index in [-0.39, 0.29) is 5.96 Å². The number of hydrogen-bond donors (Lipinski definition) is 5. The molecule has 7 rings (SSSR count). The Balaban J connectivity index is 1.10. The molecule has 47 heavy (non-hydrogen) atoms. The van der Waals surface area contributed by atoms with Crippen molar-refractivity contribution < 1.29 is 4.57 Å². The number of nitrogens with two attached hydrogens (primary N) is 1. The van der Waals surface area contributed by atoms with Crippen LogP contribution in [-0.2, 0) is 19.5 Å². The Morgan fingerprint density at radius 3 is 1.77 bits per heavy atom. The first-order valence-electron chi connectivity index (χ1n) is 15.1. The van der Waals surface area contributed by atoms with Crippen LogP contribution in [0.5, 0.6) is 0 Å². The van der Waals surface area contributed by atoms with Gasteiger partial charge in [-0.15, -0.1) is 10.2 Å². The number of nitrogens with one attached hydrogen (secondary N) is 4. The average Bonchev–Trinajstić information content (AvgIpc) is 3.90. The Morgan fingerprint density at radius 1 is 0.723 bits per heavy atom. The Labute approximate surface area is 270 Å². The van der Waals surface area contributed by atoms with Gasteiger partial charge >= 0.3 is 0 Å². The average molecular weight is 623 g/mol. The number of guanidine groups is 1. The molecule has 3 aromatic heterocycles. The van der Waals surface area contributed by atoms with Crippen molar-refractivity contribution >= 4 is 5.96 Å². The number of aromatic nitrogens is 10. The summed E-state index contributed by atoms with van der Waals surface area (Å²) in [7, 11) is 0. The highest BCUT2D eigenvalue weighted by Crippen LogP contribution is 2.31. The maximum atomic E-state index is 7.56. The van der Waals surface area contributed by atoms with Crippen molar-refractivity contribution in [3.8, 4) is 45.0 Å². The Hall–Kier alpha value is -6.50. The fourth-order valence-electron chi connectivity index (χ4n) is 5.73. The molecule has 0 fully saturated rings. The lowest BCUT2D eigenvalue weighted by Gasteiger charge is -2.08. The van der Waals surface area contributed by atoms with Gasteiger partial charge in [-0.3, -0.25) is 5.41 Å². The minimum atomic E-state index is -0.0331. The first kappa shape index (κ1) is 29.2. The number of aromatic amines is 2. The Bertz CT molecular complexity index is 2080. The fourth-order valence-corrected chi connectivity index (χ4v) is 5.73. The lowest BCUT2D eigenvalue weighted by atomic mass is 9.98. The minimum absolute atomic E-state index is 0.0331. The van der Waals surface area contributed by atoms with Gasteiger partial charge in [0.25, 0.3) is 0 Å². The van der Waals surface area contributed by atoms with E-state index in [9.17, 15) is 0 Å². The second-order valence-corrected chi connectivity index (χ2v) is 11.1. The number of nitrogens with zero attached hydrogens (tertiary/aromatic N) is 8. The van der Waals surface area contributed by atoms with E-state index in [1.54, 1.807) is 0 Å². The number of tetrazole rings is 2. The summed E-state index contributed by atoms with van der Waals surface area (Å²) in [5.74, 6) is 1.24. The summed E-state index contributed by atoms with van der Waals surface area (Å²) in [5, 5.41) is 39.3. The van der Waals surface area contributed by atoms with Gasteiger partial charge in [0.1, 0.15) is 25.0 Å². The van der Waals surface area contributed by atoms with Gasteiger partial charge in [-0.2, -0.15) is 0 Å². The molecular weight excluding hydrogens is 590 g/mol. The Kier molecular flexibility index (Phi) is 8.23. The number of imidazole rings is 1. The summed E-state index contributed by atoms with van der Waals surface area (Å²) >= 11 is 0. The number of H-pyrrole nitrogens is 2. The summed E-state index contributed by atoms with van der Waals surface area (Å²) in [6.45, 7) is 1.98. The normalized spacial score (nSPS) is 11.1. The molecule has 0 unspecified atom stereocenters. The second-order valence-electron chi connectivity index (χ2n) is 11.1. The van der Waals surface area contributed by atoms with Crippen molar-refractivity contribution in [3.05, 3.63) is 126 Å². The molecular formula is C34H32N13+. The van der Waals surface area contributed by atoms with Gasteiger partial charge in [-0.05, 0) is 54.2 Å². The SMILES string of the molecule is N=C(N)NCCc1cn(Cc2ccc(-c3ccccc3-c3nnn[nH]3)cc2)c[n+]1Cc1ccc(-c2ccccc2-c2nnn[nH]2)cc1. The van der Waals surface area contributed by atoms with Crippen LogP contribution in [0.15, 0.2) is 110 Å². The predicted molar refractivity (Wildman–Crippen MR) is 177 cm³/mol. The maximum absolute atomic E-state index is 7.56. The molecule has 0 aliphatic rings. The van der Waals surface area contributed by atoms with E-state index >= 15 is 0 Å². The molecule has 0 atom stereocenters. The van der Waals surface area contributed by atoms with Crippen LogP contribution in [0.4, 0.5) is 0 Å². The molecule has 0 radical (unpaired) electrons. The topological polar surface area (TPSA) is 180 Å². The first-order chi connectivity index (χ1) is 23.1. The molecule has 0 saturated carbocycles. The number of hydrogen-bond acceptors (Lipinski definition) is 7. The summed E-state index contributed by atoms with van der Waals surface area (Å²) in [6.07, 6.45) is 5.02. The zero-order valence-electron chi connectivity index (χ0n) is 25.4.